The number of ketones is 2. The van der Waals surface area contributed by atoms with Gasteiger partial charge in [0.05, 0.1) is 5.56 Å². The van der Waals surface area contributed by atoms with Crippen molar-refractivity contribution >= 4 is 17.3 Å². The second-order valence-electron chi connectivity index (χ2n) is 4.00. The van der Waals surface area contributed by atoms with Crippen LogP contribution in [0.4, 0.5) is 23.2 Å². The van der Waals surface area contributed by atoms with Crippen molar-refractivity contribution in [2.45, 2.75) is 26.1 Å². The van der Waals surface area contributed by atoms with Gasteiger partial charge in [0, 0.05) is 0 Å². The first-order valence-corrected chi connectivity index (χ1v) is 5.41. The van der Waals surface area contributed by atoms with E-state index in [1.807, 2.05) is 0 Å². The Labute approximate surface area is 111 Å². The molecule has 0 atom stereocenters. The molecule has 1 rings (SSSR count). The Morgan fingerprint density at radius 1 is 1.15 bits per heavy atom. The molecular weight excluding hydrogens is 280 g/mol. The van der Waals surface area contributed by atoms with Crippen LogP contribution in [0.5, 0.6) is 0 Å². The summed E-state index contributed by atoms with van der Waals surface area (Å²) in [6, 6.07) is 0.162. The van der Waals surface area contributed by atoms with Gasteiger partial charge in [0.25, 0.3) is 0 Å². The van der Waals surface area contributed by atoms with Crippen molar-refractivity contribution in [1.29, 1.82) is 0 Å². The van der Waals surface area contributed by atoms with E-state index in [4.69, 9.17) is 0 Å². The number of rotatable bonds is 4. The summed E-state index contributed by atoms with van der Waals surface area (Å²) < 4.78 is 50.7. The average Bonchev–Trinajstić information content (AvgIpc) is 2.29. The highest BCUT2D eigenvalue weighted by atomic mass is 19.4. The minimum Gasteiger partial charge on any atom is -0.297 e. The van der Waals surface area contributed by atoms with Gasteiger partial charge in [-0.1, -0.05) is 0 Å². The molecule has 1 aromatic carbocycles. The zero-order valence-corrected chi connectivity index (χ0v) is 10.5. The molecule has 0 heterocycles. The SMILES string of the molecule is CC(=O)C(N=Nc1cc(C(F)(F)F)ccc1F)C(C)=O. The first kappa shape index (κ1) is 15.9. The summed E-state index contributed by atoms with van der Waals surface area (Å²) in [5, 5.41) is 6.53. The number of halogens is 4. The molecule has 0 saturated heterocycles. The Balaban J connectivity index is 3.14. The number of Topliss-reactive ketones (excluding diaryl/α,β-unsaturated/α-hetero) is 2. The molecule has 0 spiro atoms. The largest absolute Gasteiger partial charge is 0.416 e. The summed E-state index contributed by atoms with van der Waals surface area (Å²) in [6.45, 7) is 2.15. The van der Waals surface area contributed by atoms with Crippen molar-refractivity contribution in [2.75, 3.05) is 0 Å². The number of azo groups is 1. The Bertz CT molecular complexity index is 553. The van der Waals surface area contributed by atoms with E-state index >= 15 is 0 Å². The van der Waals surface area contributed by atoms with Crippen LogP contribution in [0, 0.1) is 5.82 Å². The Morgan fingerprint density at radius 2 is 1.70 bits per heavy atom. The Morgan fingerprint density at radius 3 is 2.15 bits per heavy atom. The summed E-state index contributed by atoms with van der Waals surface area (Å²) in [5.74, 6) is -2.30. The van der Waals surface area contributed by atoms with Crippen molar-refractivity contribution in [1.82, 2.24) is 0 Å². The number of alkyl halides is 3. The van der Waals surface area contributed by atoms with Crippen LogP contribution >= 0.6 is 0 Å². The van der Waals surface area contributed by atoms with Crippen LogP contribution in [0.1, 0.15) is 19.4 Å². The highest BCUT2D eigenvalue weighted by molar-refractivity contribution is 6.04. The monoisotopic (exact) mass is 290 g/mol. The highest BCUT2D eigenvalue weighted by Gasteiger charge is 2.31. The van der Waals surface area contributed by atoms with Crippen molar-refractivity contribution in [2.24, 2.45) is 10.2 Å². The number of hydrogen-bond donors (Lipinski definition) is 0. The zero-order valence-electron chi connectivity index (χ0n) is 10.5. The summed E-state index contributed by atoms with van der Waals surface area (Å²) in [6.07, 6.45) is -4.65. The van der Waals surface area contributed by atoms with E-state index in [2.05, 4.69) is 10.2 Å². The molecule has 0 amide bonds. The van der Waals surface area contributed by atoms with E-state index in [0.717, 1.165) is 13.8 Å². The summed E-state index contributed by atoms with van der Waals surface area (Å²) in [7, 11) is 0. The van der Waals surface area contributed by atoms with Crippen LogP contribution in [0.2, 0.25) is 0 Å². The van der Waals surface area contributed by atoms with Gasteiger partial charge < -0.3 is 0 Å². The average molecular weight is 290 g/mol. The van der Waals surface area contributed by atoms with Crippen molar-refractivity contribution < 1.29 is 27.2 Å². The molecule has 0 N–H and O–H groups in total. The lowest BCUT2D eigenvalue weighted by Crippen LogP contribution is -2.23. The first-order valence-electron chi connectivity index (χ1n) is 5.41. The molecule has 0 saturated carbocycles. The fourth-order valence-electron chi connectivity index (χ4n) is 1.33. The Kier molecular flexibility index (Phi) is 4.69. The molecule has 0 aromatic heterocycles. The van der Waals surface area contributed by atoms with Crippen LogP contribution in [0.3, 0.4) is 0 Å². The lowest BCUT2D eigenvalue weighted by atomic mass is 10.1. The topological polar surface area (TPSA) is 58.9 Å². The summed E-state index contributed by atoms with van der Waals surface area (Å²) >= 11 is 0. The molecule has 108 valence electrons. The number of carbonyl (C=O) groups excluding carboxylic acids is 2. The highest BCUT2D eigenvalue weighted by Crippen LogP contribution is 2.32. The van der Waals surface area contributed by atoms with E-state index in [1.54, 1.807) is 0 Å². The zero-order chi connectivity index (χ0) is 15.5. The second kappa shape index (κ2) is 5.89. The van der Waals surface area contributed by atoms with Crippen LogP contribution in [-0.2, 0) is 15.8 Å². The molecule has 0 aliphatic heterocycles. The number of hydrogen-bond acceptors (Lipinski definition) is 4. The lowest BCUT2D eigenvalue weighted by Gasteiger charge is -2.07. The second-order valence-corrected chi connectivity index (χ2v) is 4.00. The van der Waals surface area contributed by atoms with E-state index in [9.17, 15) is 27.2 Å². The van der Waals surface area contributed by atoms with E-state index in [-0.39, 0.29) is 0 Å². The molecule has 0 aliphatic rings. The fourth-order valence-corrected chi connectivity index (χ4v) is 1.33. The van der Waals surface area contributed by atoms with Crippen LogP contribution in [0.25, 0.3) is 0 Å². The van der Waals surface area contributed by atoms with E-state index in [1.165, 1.54) is 0 Å². The molecule has 8 heteroatoms. The molecule has 0 aliphatic carbocycles. The van der Waals surface area contributed by atoms with Crippen molar-refractivity contribution in [3.8, 4) is 0 Å². The quantitative estimate of drug-likeness (QED) is 0.484. The summed E-state index contributed by atoms with van der Waals surface area (Å²) in [4.78, 5) is 22.1. The molecule has 1 aromatic rings. The van der Waals surface area contributed by atoms with Gasteiger partial charge in [0.1, 0.15) is 5.69 Å². The molecular formula is C12H10F4N2O2. The van der Waals surface area contributed by atoms with Gasteiger partial charge in [-0.3, -0.25) is 9.59 Å². The third-order valence-electron chi connectivity index (χ3n) is 2.32. The third-order valence-corrected chi connectivity index (χ3v) is 2.32. The number of nitrogens with zero attached hydrogens (tertiary/aromatic N) is 2. The van der Waals surface area contributed by atoms with Gasteiger partial charge in [-0.05, 0) is 32.0 Å². The molecule has 0 radical (unpaired) electrons. The van der Waals surface area contributed by atoms with Crippen molar-refractivity contribution in [3.05, 3.63) is 29.6 Å². The van der Waals surface area contributed by atoms with Gasteiger partial charge in [0.15, 0.2) is 23.4 Å². The molecule has 4 nitrogen and oxygen atoms in total. The smallest absolute Gasteiger partial charge is 0.297 e. The van der Waals surface area contributed by atoms with E-state index in [0.29, 0.717) is 18.2 Å². The van der Waals surface area contributed by atoms with Gasteiger partial charge in [-0.15, -0.1) is 0 Å². The van der Waals surface area contributed by atoms with Gasteiger partial charge in [-0.2, -0.15) is 23.4 Å². The standard InChI is InChI=1S/C12H10F4N2O2/c1-6(19)11(7(2)20)18-17-10-5-8(12(14,15)16)3-4-9(10)13/h3-5,11H,1-2H3. The Hall–Kier alpha value is -2.12. The molecule has 0 unspecified atom stereocenters. The normalized spacial score (nSPS) is 12.2. The predicted molar refractivity (Wildman–Crippen MR) is 61.1 cm³/mol. The minimum absolute atomic E-state index is 0.455. The summed E-state index contributed by atoms with van der Waals surface area (Å²) in [5.41, 5.74) is -1.79. The maximum absolute atomic E-state index is 13.3. The van der Waals surface area contributed by atoms with Crippen LogP contribution < -0.4 is 0 Å². The van der Waals surface area contributed by atoms with Crippen molar-refractivity contribution in [3.63, 3.8) is 0 Å². The molecule has 0 fully saturated rings. The first-order chi connectivity index (χ1) is 9.12. The maximum atomic E-state index is 13.3. The number of carbonyl (C=O) groups is 2. The van der Waals surface area contributed by atoms with Gasteiger partial charge >= 0.3 is 6.18 Å². The van der Waals surface area contributed by atoms with Gasteiger partial charge in [-0.25, -0.2) is 4.39 Å². The molecule has 20 heavy (non-hydrogen) atoms. The van der Waals surface area contributed by atoms with Gasteiger partial charge in [0.2, 0.25) is 0 Å². The minimum atomic E-state index is -4.65. The van der Waals surface area contributed by atoms with Crippen LogP contribution in [0.15, 0.2) is 28.4 Å². The lowest BCUT2D eigenvalue weighted by molar-refractivity contribution is -0.137. The predicted octanol–water partition coefficient (Wildman–Crippen LogP) is 3.47. The third kappa shape index (κ3) is 3.94. The maximum Gasteiger partial charge on any atom is 0.416 e. The van der Waals surface area contributed by atoms with E-state index < -0.39 is 40.9 Å². The van der Waals surface area contributed by atoms with Crippen LogP contribution in [-0.4, -0.2) is 17.6 Å². The number of benzene rings is 1. The fraction of sp³-hybridized carbons (Fsp3) is 0.333. The molecule has 0 bridgehead atoms.